The Bertz CT molecular complexity index is 673. The Kier molecular flexibility index (Phi) is 2.78. The van der Waals surface area contributed by atoms with E-state index in [1.165, 1.54) is 11.3 Å². The van der Waals surface area contributed by atoms with Crippen LogP contribution in [0, 0.1) is 0 Å². The first-order valence-corrected chi connectivity index (χ1v) is 6.26. The zero-order valence-corrected chi connectivity index (χ0v) is 10.2. The third-order valence-electron chi connectivity index (χ3n) is 2.52. The minimum absolute atomic E-state index is 0.525. The molecule has 0 unspecified atom stereocenters. The standard InChI is InChI=1S/C14H9NO2S/c16-9-10-5-1-3-7-12(10)17-14-15-11-6-2-4-8-13(11)18-14/h1-9H. The van der Waals surface area contributed by atoms with Gasteiger partial charge >= 0.3 is 0 Å². The number of carbonyl (C=O) groups excluding carboxylic acids is 1. The number of benzene rings is 2. The lowest BCUT2D eigenvalue weighted by atomic mass is 10.2. The second-order valence-corrected chi connectivity index (χ2v) is 4.70. The third-order valence-corrected chi connectivity index (χ3v) is 3.43. The van der Waals surface area contributed by atoms with Crippen molar-refractivity contribution in [2.75, 3.05) is 0 Å². The van der Waals surface area contributed by atoms with E-state index in [2.05, 4.69) is 4.98 Å². The largest absolute Gasteiger partial charge is 0.430 e. The average molecular weight is 255 g/mol. The predicted molar refractivity (Wildman–Crippen MR) is 71.5 cm³/mol. The Morgan fingerprint density at radius 3 is 2.67 bits per heavy atom. The molecule has 88 valence electrons. The Hall–Kier alpha value is -2.20. The van der Waals surface area contributed by atoms with Crippen molar-refractivity contribution >= 4 is 27.8 Å². The maximum Gasteiger partial charge on any atom is 0.279 e. The second kappa shape index (κ2) is 4.58. The lowest BCUT2D eigenvalue weighted by molar-refractivity contribution is 0.112. The van der Waals surface area contributed by atoms with Crippen molar-refractivity contribution in [3.8, 4) is 10.9 Å². The van der Waals surface area contributed by atoms with Crippen LogP contribution in [0.1, 0.15) is 10.4 Å². The quantitative estimate of drug-likeness (QED) is 0.666. The number of rotatable bonds is 3. The number of thiazole rings is 1. The van der Waals surface area contributed by atoms with Gasteiger partial charge in [-0.1, -0.05) is 35.6 Å². The van der Waals surface area contributed by atoms with Crippen molar-refractivity contribution in [3.05, 3.63) is 54.1 Å². The molecule has 0 aliphatic heterocycles. The van der Waals surface area contributed by atoms with Crippen LogP contribution in [0.2, 0.25) is 0 Å². The fraction of sp³-hybridized carbons (Fsp3) is 0. The molecule has 0 saturated carbocycles. The smallest absolute Gasteiger partial charge is 0.279 e. The average Bonchev–Trinajstić information content (AvgIpc) is 2.81. The zero-order valence-electron chi connectivity index (χ0n) is 9.37. The molecule has 3 aromatic rings. The van der Waals surface area contributed by atoms with Crippen LogP contribution in [-0.2, 0) is 0 Å². The molecule has 0 N–H and O–H groups in total. The molecule has 18 heavy (non-hydrogen) atoms. The highest BCUT2D eigenvalue weighted by Gasteiger charge is 2.07. The minimum atomic E-state index is 0.525. The summed E-state index contributed by atoms with van der Waals surface area (Å²) in [5, 5.41) is 0.547. The van der Waals surface area contributed by atoms with Crippen molar-refractivity contribution in [1.82, 2.24) is 4.98 Å². The molecule has 1 aromatic heterocycles. The number of fused-ring (bicyclic) bond motifs is 1. The highest BCUT2D eigenvalue weighted by molar-refractivity contribution is 7.20. The van der Waals surface area contributed by atoms with Crippen LogP contribution >= 0.6 is 11.3 Å². The molecule has 2 aromatic carbocycles. The normalized spacial score (nSPS) is 10.4. The molecule has 0 atom stereocenters. The number of aldehydes is 1. The fourth-order valence-electron chi connectivity index (χ4n) is 1.66. The van der Waals surface area contributed by atoms with E-state index in [1.807, 2.05) is 30.3 Å². The van der Waals surface area contributed by atoms with Gasteiger partial charge in [0.15, 0.2) is 6.29 Å². The monoisotopic (exact) mass is 255 g/mol. The van der Waals surface area contributed by atoms with Crippen molar-refractivity contribution in [1.29, 1.82) is 0 Å². The summed E-state index contributed by atoms with van der Waals surface area (Å²) >= 11 is 1.46. The molecule has 0 amide bonds. The molecular weight excluding hydrogens is 246 g/mol. The van der Waals surface area contributed by atoms with Crippen molar-refractivity contribution in [2.24, 2.45) is 0 Å². The van der Waals surface area contributed by atoms with Gasteiger partial charge in [0.1, 0.15) is 5.75 Å². The van der Waals surface area contributed by atoms with Gasteiger partial charge < -0.3 is 4.74 Å². The summed E-state index contributed by atoms with van der Waals surface area (Å²) in [5.41, 5.74) is 1.43. The minimum Gasteiger partial charge on any atom is -0.430 e. The van der Waals surface area contributed by atoms with Crippen molar-refractivity contribution in [2.45, 2.75) is 0 Å². The summed E-state index contributed by atoms with van der Waals surface area (Å²) in [5.74, 6) is 0.534. The first-order valence-electron chi connectivity index (χ1n) is 5.44. The van der Waals surface area contributed by atoms with Gasteiger partial charge in [0.05, 0.1) is 15.8 Å². The summed E-state index contributed by atoms with van der Waals surface area (Å²) in [4.78, 5) is 15.3. The molecule has 0 fully saturated rings. The molecule has 0 aliphatic rings. The van der Waals surface area contributed by atoms with E-state index >= 15 is 0 Å². The van der Waals surface area contributed by atoms with Crippen LogP contribution in [0.25, 0.3) is 10.2 Å². The van der Waals surface area contributed by atoms with Crippen LogP contribution in [-0.4, -0.2) is 11.3 Å². The molecule has 0 saturated heterocycles. The number of carbonyl (C=O) groups is 1. The van der Waals surface area contributed by atoms with E-state index in [0.717, 1.165) is 16.5 Å². The van der Waals surface area contributed by atoms with E-state index in [-0.39, 0.29) is 0 Å². The number of para-hydroxylation sites is 2. The van der Waals surface area contributed by atoms with Gasteiger partial charge in [0.2, 0.25) is 0 Å². The molecule has 4 heteroatoms. The van der Waals surface area contributed by atoms with Gasteiger partial charge in [-0.15, -0.1) is 0 Å². The topological polar surface area (TPSA) is 39.2 Å². The van der Waals surface area contributed by atoms with Gasteiger partial charge in [-0.25, -0.2) is 4.98 Å². The number of nitrogens with zero attached hydrogens (tertiary/aromatic N) is 1. The molecule has 1 heterocycles. The van der Waals surface area contributed by atoms with Gasteiger partial charge in [-0.2, -0.15) is 0 Å². The van der Waals surface area contributed by atoms with E-state index in [1.54, 1.807) is 18.2 Å². The SMILES string of the molecule is O=Cc1ccccc1Oc1nc2ccccc2s1. The summed E-state index contributed by atoms with van der Waals surface area (Å²) in [6, 6.07) is 14.9. The van der Waals surface area contributed by atoms with Crippen molar-refractivity contribution in [3.63, 3.8) is 0 Å². The van der Waals surface area contributed by atoms with E-state index < -0.39 is 0 Å². The summed E-state index contributed by atoms with van der Waals surface area (Å²) < 4.78 is 6.73. The third kappa shape index (κ3) is 1.98. The first-order chi connectivity index (χ1) is 8.86. The number of aromatic nitrogens is 1. The molecular formula is C14H9NO2S. The second-order valence-electron chi connectivity index (χ2n) is 3.71. The lowest BCUT2D eigenvalue weighted by Gasteiger charge is -2.03. The Balaban J connectivity index is 1.98. The van der Waals surface area contributed by atoms with Crippen LogP contribution in [0.4, 0.5) is 0 Å². The van der Waals surface area contributed by atoms with Gasteiger partial charge in [0.25, 0.3) is 5.19 Å². The Morgan fingerprint density at radius 1 is 1.06 bits per heavy atom. The summed E-state index contributed by atoms with van der Waals surface area (Å²) in [6.45, 7) is 0. The molecule has 0 aliphatic carbocycles. The number of ether oxygens (including phenoxy) is 1. The summed E-state index contributed by atoms with van der Waals surface area (Å²) in [7, 11) is 0. The Labute approximate surface area is 108 Å². The van der Waals surface area contributed by atoms with Gasteiger partial charge in [0, 0.05) is 0 Å². The van der Waals surface area contributed by atoms with E-state index in [9.17, 15) is 4.79 Å². The molecule has 3 rings (SSSR count). The summed E-state index contributed by atoms with van der Waals surface area (Å²) in [6.07, 6.45) is 0.780. The zero-order chi connectivity index (χ0) is 12.4. The van der Waals surface area contributed by atoms with Gasteiger partial charge in [-0.05, 0) is 24.3 Å². The van der Waals surface area contributed by atoms with E-state index in [0.29, 0.717) is 16.5 Å². The maximum atomic E-state index is 10.9. The van der Waals surface area contributed by atoms with Crippen LogP contribution < -0.4 is 4.74 Å². The Morgan fingerprint density at radius 2 is 1.83 bits per heavy atom. The molecule has 0 bridgehead atoms. The molecule has 3 nitrogen and oxygen atoms in total. The van der Waals surface area contributed by atoms with E-state index in [4.69, 9.17) is 4.74 Å². The van der Waals surface area contributed by atoms with Crippen molar-refractivity contribution < 1.29 is 9.53 Å². The highest BCUT2D eigenvalue weighted by Crippen LogP contribution is 2.31. The lowest BCUT2D eigenvalue weighted by Crippen LogP contribution is -1.88. The van der Waals surface area contributed by atoms with Crippen LogP contribution in [0.15, 0.2) is 48.5 Å². The number of hydrogen-bond donors (Lipinski definition) is 0. The predicted octanol–water partition coefficient (Wildman–Crippen LogP) is 3.90. The van der Waals surface area contributed by atoms with Crippen LogP contribution in [0.5, 0.6) is 10.9 Å². The maximum absolute atomic E-state index is 10.9. The highest BCUT2D eigenvalue weighted by atomic mass is 32.1. The van der Waals surface area contributed by atoms with Crippen LogP contribution in [0.3, 0.4) is 0 Å². The van der Waals surface area contributed by atoms with Gasteiger partial charge in [-0.3, -0.25) is 4.79 Å². The molecule has 0 radical (unpaired) electrons. The first kappa shape index (κ1) is 10.9. The molecule has 0 spiro atoms. The fourth-order valence-corrected chi connectivity index (χ4v) is 2.49. The number of hydrogen-bond acceptors (Lipinski definition) is 4.